The molecule has 1 aromatic carbocycles. The van der Waals surface area contributed by atoms with Crippen molar-refractivity contribution in [1.82, 2.24) is 9.78 Å². The van der Waals surface area contributed by atoms with E-state index in [1.807, 2.05) is 10.7 Å². The van der Waals surface area contributed by atoms with Crippen molar-refractivity contribution >= 4 is 11.6 Å². The molecule has 1 aromatic heterocycles. The van der Waals surface area contributed by atoms with Crippen molar-refractivity contribution in [2.45, 2.75) is 77.3 Å². The second-order valence-corrected chi connectivity index (χ2v) is 9.41. The molecule has 1 aliphatic heterocycles. The molecule has 4 heteroatoms. The number of nitrogens with zero attached hydrogens (tertiary/aromatic N) is 2. The van der Waals surface area contributed by atoms with Gasteiger partial charge in [-0.15, -0.1) is 0 Å². The number of benzene rings is 1. The molecule has 2 aliphatic rings. The minimum Gasteiger partial charge on any atom is -0.363 e. The van der Waals surface area contributed by atoms with Crippen molar-refractivity contribution < 1.29 is 4.79 Å². The summed E-state index contributed by atoms with van der Waals surface area (Å²) in [5.74, 6) is 1.13. The summed E-state index contributed by atoms with van der Waals surface area (Å²) in [4.78, 5) is 13.2. The minimum atomic E-state index is -0.131. The second kappa shape index (κ2) is 6.81. The van der Waals surface area contributed by atoms with Crippen molar-refractivity contribution in [1.29, 1.82) is 0 Å². The Bertz CT molecular complexity index is 815. The van der Waals surface area contributed by atoms with Crippen LogP contribution in [0.25, 0.3) is 0 Å². The third-order valence-electron chi connectivity index (χ3n) is 6.51. The molecule has 0 spiro atoms. The Morgan fingerprint density at radius 2 is 1.85 bits per heavy atom. The topological polar surface area (TPSA) is 46.9 Å². The number of hydrogen-bond donors (Lipinski definition) is 1. The molecule has 0 saturated heterocycles. The molecule has 1 atom stereocenters. The number of anilines is 1. The third kappa shape index (κ3) is 3.54. The summed E-state index contributed by atoms with van der Waals surface area (Å²) in [7, 11) is 0. The smallest absolute Gasteiger partial charge is 0.168 e. The maximum Gasteiger partial charge on any atom is 0.168 e. The summed E-state index contributed by atoms with van der Waals surface area (Å²) in [6, 6.07) is 10.7. The van der Waals surface area contributed by atoms with Crippen LogP contribution in [-0.2, 0) is 5.54 Å². The Balaban J connectivity index is 1.62. The average molecular weight is 366 g/mol. The van der Waals surface area contributed by atoms with Crippen LogP contribution in [0.4, 0.5) is 5.82 Å². The molecule has 2 heterocycles. The maximum atomic E-state index is 13.2. The van der Waals surface area contributed by atoms with Crippen molar-refractivity contribution in [3.63, 3.8) is 0 Å². The first-order valence-corrected chi connectivity index (χ1v) is 10.3. The molecule has 4 rings (SSSR count). The van der Waals surface area contributed by atoms with Gasteiger partial charge in [0, 0.05) is 6.42 Å². The zero-order valence-corrected chi connectivity index (χ0v) is 16.8. The third-order valence-corrected chi connectivity index (χ3v) is 6.51. The summed E-state index contributed by atoms with van der Waals surface area (Å²) in [5.41, 5.74) is 2.04. The van der Waals surface area contributed by atoms with Gasteiger partial charge in [-0.05, 0) is 44.1 Å². The summed E-state index contributed by atoms with van der Waals surface area (Å²) in [5, 5.41) is 8.24. The highest BCUT2D eigenvalue weighted by molar-refractivity contribution is 6.01. The van der Waals surface area contributed by atoms with Gasteiger partial charge in [0.05, 0.1) is 23.3 Å². The Kier molecular flexibility index (Phi) is 4.61. The van der Waals surface area contributed by atoms with Crippen LogP contribution in [0.1, 0.15) is 87.7 Å². The fourth-order valence-corrected chi connectivity index (χ4v) is 4.90. The summed E-state index contributed by atoms with van der Waals surface area (Å²) >= 11 is 0. The van der Waals surface area contributed by atoms with Gasteiger partial charge in [-0.1, -0.05) is 56.5 Å². The van der Waals surface area contributed by atoms with Crippen molar-refractivity contribution in [3.8, 4) is 0 Å². The van der Waals surface area contributed by atoms with E-state index in [0.29, 0.717) is 6.42 Å². The van der Waals surface area contributed by atoms with Gasteiger partial charge in [-0.3, -0.25) is 4.79 Å². The molecule has 27 heavy (non-hydrogen) atoms. The van der Waals surface area contributed by atoms with Crippen LogP contribution in [0.15, 0.2) is 36.5 Å². The van der Waals surface area contributed by atoms with E-state index < -0.39 is 0 Å². The highest BCUT2D eigenvalue weighted by atomic mass is 16.1. The lowest BCUT2D eigenvalue weighted by Gasteiger charge is -2.38. The lowest BCUT2D eigenvalue weighted by atomic mass is 9.72. The lowest BCUT2D eigenvalue weighted by Crippen LogP contribution is -2.38. The number of carbonyl (C=O) groups excluding carboxylic acids is 1. The standard InChI is InChI=1S/C23H31N3O/c1-22(2)14-19(17-10-6-4-7-11-17)25-21-18(16-24-26(21)22)20(27)15-23(3)12-8-5-9-13-23/h4,6-7,10-11,16,19,25H,5,8-9,12-15H2,1-3H3. The van der Waals surface area contributed by atoms with Crippen LogP contribution in [-0.4, -0.2) is 15.6 Å². The molecule has 1 N–H and O–H groups in total. The predicted octanol–water partition coefficient (Wildman–Crippen LogP) is 5.72. The van der Waals surface area contributed by atoms with Crippen molar-refractivity contribution in [2.75, 3.05) is 5.32 Å². The zero-order valence-electron chi connectivity index (χ0n) is 16.8. The molecule has 0 radical (unpaired) electrons. The number of rotatable bonds is 4. The van der Waals surface area contributed by atoms with Crippen LogP contribution in [0, 0.1) is 5.41 Å². The number of nitrogens with one attached hydrogen (secondary N) is 1. The van der Waals surface area contributed by atoms with Gasteiger partial charge in [0.1, 0.15) is 5.82 Å². The van der Waals surface area contributed by atoms with E-state index in [-0.39, 0.29) is 22.8 Å². The van der Waals surface area contributed by atoms with Crippen molar-refractivity contribution in [3.05, 3.63) is 47.7 Å². The molecule has 0 amide bonds. The van der Waals surface area contributed by atoms with E-state index in [4.69, 9.17) is 0 Å². The summed E-state index contributed by atoms with van der Waals surface area (Å²) in [6.45, 7) is 6.69. The number of aromatic nitrogens is 2. The zero-order chi connectivity index (χ0) is 19.1. The molecule has 0 bridgehead atoms. The monoisotopic (exact) mass is 365 g/mol. The molecule has 2 aromatic rings. The van der Waals surface area contributed by atoms with Gasteiger partial charge in [-0.2, -0.15) is 5.10 Å². The van der Waals surface area contributed by atoms with E-state index in [1.165, 1.54) is 24.8 Å². The van der Waals surface area contributed by atoms with Crippen LogP contribution in [0.3, 0.4) is 0 Å². The Labute approximate surface area is 162 Å². The maximum absolute atomic E-state index is 13.2. The van der Waals surface area contributed by atoms with E-state index in [9.17, 15) is 4.79 Å². The molecule has 1 saturated carbocycles. The van der Waals surface area contributed by atoms with Crippen LogP contribution >= 0.6 is 0 Å². The van der Waals surface area contributed by atoms with Crippen LogP contribution < -0.4 is 5.32 Å². The van der Waals surface area contributed by atoms with E-state index in [1.54, 1.807) is 6.20 Å². The highest BCUT2D eigenvalue weighted by Gasteiger charge is 2.38. The van der Waals surface area contributed by atoms with E-state index in [0.717, 1.165) is 30.6 Å². The Hall–Kier alpha value is -2.10. The highest BCUT2D eigenvalue weighted by Crippen LogP contribution is 2.43. The fraction of sp³-hybridized carbons (Fsp3) is 0.565. The molecule has 1 aliphatic carbocycles. The quantitative estimate of drug-likeness (QED) is 0.705. The lowest BCUT2D eigenvalue weighted by molar-refractivity contribution is 0.0883. The molecule has 144 valence electrons. The van der Waals surface area contributed by atoms with Gasteiger partial charge in [0.25, 0.3) is 0 Å². The number of fused-ring (bicyclic) bond motifs is 1. The second-order valence-electron chi connectivity index (χ2n) is 9.41. The first kappa shape index (κ1) is 18.3. The summed E-state index contributed by atoms with van der Waals surface area (Å²) in [6.07, 6.45) is 9.48. The van der Waals surface area contributed by atoms with Gasteiger partial charge in [0.2, 0.25) is 0 Å². The minimum absolute atomic E-state index is 0.131. The fourth-order valence-electron chi connectivity index (χ4n) is 4.90. The molecule has 1 unspecified atom stereocenters. The number of Topliss-reactive ketones (excluding diaryl/α,β-unsaturated/α-hetero) is 1. The van der Waals surface area contributed by atoms with Gasteiger partial charge in [-0.25, -0.2) is 4.68 Å². The normalized spacial score (nSPS) is 23.3. The average Bonchev–Trinajstić information content (AvgIpc) is 3.07. The summed E-state index contributed by atoms with van der Waals surface area (Å²) < 4.78 is 2.02. The molecular weight excluding hydrogens is 334 g/mol. The largest absolute Gasteiger partial charge is 0.363 e. The van der Waals surface area contributed by atoms with E-state index >= 15 is 0 Å². The SMILES string of the molecule is CC1(CC(=O)c2cnn3c2NC(c2ccccc2)CC3(C)C)CCCCC1. The van der Waals surface area contributed by atoms with Crippen LogP contribution in [0.5, 0.6) is 0 Å². The van der Waals surface area contributed by atoms with Crippen LogP contribution in [0.2, 0.25) is 0 Å². The predicted molar refractivity (Wildman–Crippen MR) is 109 cm³/mol. The molecule has 4 nitrogen and oxygen atoms in total. The first-order valence-electron chi connectivity index (χ1n) is 10.3. The van der Waals surface area contributed by atoms with Crippen molar-refractivity contribution in [2.24, 2.45) is 5.41 Å². The molecule has 1 fully saturated rings. The first-order chi connectivity index (χ1) is 12.9. The van der Waals surface area contributed by atoms with Gasteiger partial charge in [0.15, 0.2) is 5.78 Å². The molecular formula is C23H31N3O. The number of carbonyl (C=O) groups is 1. The number of ketones is 1. The Morgan fingerprint density at radius 1 is 1.15 bits per heavy atom. The van der Waals surface area contributed by atoms with Gasteiger partial charge < -0.3 is 5.32 Å². The van der Waals surface area contributed by atoms with Gasteiger partial charge >= 0.3 is 0 Å². The van der Waals surface area contributed by atoms with E-state index in [2.05, 4.69) is 55.5 Å². The Morgan fingerprint density at radius 3 is 2.56 bits per heavy atom. The number of hydrogen-bond acceptors (Lipinski definition) is 3.